The topological polar surface area (TPSA) is 129 Å². The Morgan fingerprint density at radius 3 is 1.70 bits per heavy atom. The molecule has 0 bridgehead atoms. The van der Waals surface area contributed by atoms with Gasteiger partial charge in [0.15, 0.2) is 6.10 Å². The van der Waals surface area contributed by atoms with Crippen LogP contribution in [0.15, 0.2) is 72.9 Å². The molecule has 352 valence electrons. The van der Waals surface area contributed by atoms with E-state index in [4.69, 9.17) is 18.5 Å². The molecule has 0 aromatic carbocycles. The minimum atomic E-state index is -4.40. The molecule has 0 amide bonds. The van der Waals surface area contributed by atoms with Gasteiger partial charge in [-0.1, -0.05) is 164 Å². The normalized spacial score (nSPS) is 14.7. The number of ether oxygens (including phenoxy) is 2. The minimum Gasteiger partial charge on any atom is -0.462 e. The van der Waals surface area contributed by atoms with Crippen LogP contribution in [0.1, 0.15) is 174 Å². The van der Waals surface area contributed by atoms with Gasteiger partial charge in [-0.15, -0.1) is 0 Å². The number of aliphatic hydroxyl groups excluding tert-OH is 1. The molecule has 0 aromatic heterocycles. The van der Waals surface area contributed by atoms with Crippen molar-refractivity contribution in [3.63, 3.8) is 0 Å². The Bertz CT molecular complexity index is 1280. The highest BCUT2D eigenvalue weighted by molar-refractivity contribution is 7.47. The third kappa shape index (κ3) is 45.3. The van der Waals surface area contributed by atoms with Crippen molar-refractivity contribution in [3.8, 4) is 0 Å². The number of allylic oxidation sites excluding steroid dienone is 11. The van der Waals surface area contributed by atoms with Crippen molar-refractivity contribution in [3.05, 3.63) is 72.9 Å². The van der Waals surface area contributed by atoms with Crippen LogP contribution >= 0.6 is 7.82 Å². The van der Waals surface area contributed by atoms with Crippen LogP contribution in [0.3, 0.4) is 0 Å². The van der Waals surface area contributed by atoms with Crippen molar-refractivity contribution >= 4 is 19.8 Å². The van der Waals surface area contributed by atoms with Gasteiger partial charge in [0, 0.05) is 12.8 Å². The number of esters is 2. The Morgan fingerprint density at radius 2 is 1.10 bits per heavy atom. The number of quaternary nitrogens is 1. The molecule has 0 aromatic rings. The molecular weight excluding hydrogens is 790 g/mol. The Morgan fingerprint density at radius 1 is 0.590 bits per heavy atom. The highest BCUT2D eigenvalue weighted by Gasteiger charge is 2.27. The molecule has 2 N–H and O–H groups in total. The Labute approximate surface area is 372 Å². The number of phosphoric acid groups is 1. The van der Waals surface area contributed by atoms with Crippen molar-refractivity contribution in [1.82, 2.24) is 0 Å². The molecule has 0 radical (unpaired) electrons. The summed E-state index contributed by atoms with van der Waals surface area (Å²) in [5.41, 5.74) is 0. The summed E-state index contributed by atoms with van der Waals surface area (Å²) in [7, 11) is 1.41. The lowest BCUT2D eigenvalue weighted by Gasteiger charge is -2.24. The van der Waals surface area contributed by atoms with Crippen molar-refractivity contribution in [2.24, 2.45) is 0 Å². The molecule has 1 unspecified atom stereocenters. The van der Waals surface area contributed by atoms with Gasteiger partial charge in [0.2, 0.25) is 0 Å². The summed E-state index contributed by atoms with van der Waals surface area (Å²) in [6.45, 7) is 4.18. The van der Waals surface area contributed by atoms with Gasteiger partial charge < -0.3 is 24.0 Å². The van der Waals surface area contributed by atoms with Crippen molar-refractivity contribution in [2.45, 2.75) is 187 Å². The maximum Gasteiger partial charge on any atom is 0.472 e. The number of hydrogen-bond acceptors (Lipinski definition) is 8. The number of carbonyl (C=O) groups excluding carboxylic acids is 2. The molecule has 10 nitrogen and oxygen atoms in total. The molecule has 0 rings (SSSR count). The molecule has 3 atom stereocenters. The summed E-state index contributed by atoms with van der Waals surface area (Å²) in [5, 5.41) is 9.91. The lowest BCUT2D eigenvalue weighted by molar-refractivity contribution is -0.870. The Hall–Kier alpha value is -2.59. The summed E-state index contributed by atoms with van der Waals surface area (Å²) >= 11 is 0. The largest absolute Gasteiger partial charge is 0.472 e. The minimum absolute atomic E-state index is 0.0115. The smallest absolute Gasteiger partial charge is 0.462 e. The lowest BCUT2D eigenvalue weighted by Crippen LogP contribution is -2.37. The predicted octanol–water partition coefficient (Wildman–Crippen LogP) is 12.8. The fourth-order valence-corrected chi connectivity index (χ4v) is 6.77. The standard InChI is InChI=1S/C50H88NO9P/c1-6-8-10-11-12-13-14-15-16-17-18-19-20-21-24-28-31-34-38-42-50(54)60-48(46-59-61(55,56)58-44-43-51(3,4)5)45-57-49(53)41-37-33-30-27-25-22-23-26-29-32-36-40-47(52)39-35-9-7-2/h12-13,15-16,22-23,27,29-30,32,36,40,47-48,52H,6-11,14,17-21,24-26,28,31,33-35,37-39,41-46H2,1-5H3/p+1/b13-12-,16-15-,23-22-,30-27-,32-29-,40-36+/t47-,48-/m1/s1. The van der Waals surface area contributed by atoms with Gasteiger partial charge in [0.1, 0.15) is 19.8 Å². The first-order valence-corrected chi connectivity index (χ1v) is 25.3. The summed E-state index contributed by atoms with van der Waals surface area (Å²) in [6.07, 6.45) is 48.5. The maximum absolute atomic E-state index is 12.7. The van der Waals surface area contributed by atoms with Crippen LogP contribution < -0.4 is 0 Å². The second-order valence-electron chi connectivity index (χ2n) is 17.0. The zero-order valence-electron chi connectivity index (χ0n) is 39.2. The second kappa shape index (κ2) is 41.4. The molecule has 11 heteroatoms. The van der Waals surface area contributed by atoms with E-state index in [1.807, 2.05) is 51.5 Å². The van der Waals surface area contributed by atoms with E-state index in [0.717, 1.165) is 70.6 Å². The first-order chi connectivity index (χ1) is 29.4. The fourth-order valence-electron chi connectivity index (χ4n) is 6.03. The van der Waals surface area contributed by atoms with E-state index in [1.165, 1.54) is 57.8 Å². The number of phosphoric ester groups is 1. The number of likely N-dealkylation sites (N-methyl/N-ethyl adjacent to an activating group) is 1. The maximum atomic E-state index is 12.7. The van der Waals surface area contributed by atoms with E-state index in [1.54, 1.807) is 0 Å². The summed E-state index contributed by atoms with van der Waals surface area (Å²) in [5.74, 6) is -0.899. The molecule has 61 heavy (non-hydrogen) atoms. The molecule has 0 aliphatic heterocycles. The summed E-state index contributed by atoms with van der Waals surface area (Å²) < 4.78 is 34.3. The van der Waals surface area contributed by atoms with E-state index in [0.29, 0.717) is 30.3 Å². The third-order valence-electron chi connectivity index (χ3n) is 9.81. The van der Waals surface area contributed by atoms with Crippen LogP contribution in [-0.4, -0.2) is 86.1 Å². The van der Waals surface area contributed by atoms with E-state index in [9.17, 15) is 24.2 Å². The third-order valence-corrected chi connectivity index (χ3v) is 10.8. The molecule has 0 spiro atoms. The van der Waals surface area contributed by atoms with E-state index >= 15 is 0 Å². The average Bonchev–Trinajstić information content (AvgIpc) is 3.21. The van der Waals surface area contributed by atoms with Crippen molar-refractivity contribution < 1.29 is 47.2 Å². The van der Waals surface area contributed by atoms with Gasteiger partial charge in [0.25, 0.3) is 0 Å². The molecular formula is C50H89NO9P+. The number of nitrogens with zero attached hydrogens (tertiary/aromatic N) is 1. The van der Waals surface area contributed by atoms with Crippen LogP contribution in [-0.2, 0) is 32.7 Å². The summed E-state index contributed by atoms with van der Waals surface area (Å²) in [4.78, 5) is 35.4. The van der Waals surface area contributed by atoms with Crippen LogP contribution in [0, 0.1) is 0 Å². The van der Waals surface area contributed by atoms with Gasteiger partial charge in [-0.2, -0.15) is 0 Å². The first-order valence-electron chi connectivity index (χ1n) is 23.8. The highest BCUT2D eigenvalue weighted by atomic mass is 31.2. The fraction of sp³-hybridized carbons (Fsp3) is 0.720. The quantitative estimate of drug-likeness (QED) is 0.0154. The van der Waals surface area contributed by atoms with Gasteiger partial charge >= 0.3 is 19.8 Å². The monoisotopic (exact) mass is 879 g/mol. The van der Waals surface area contributed by atoms with E-state index in [-0.39, 0.29) is 32.2 Å². The second-order valence-corrected chi connectivity index (χ2v) is 18.4. The van der Waals surface area contributed by atoms with Crippen molar-refractivity contribution in [1.29, 1.82) is 0 Å². The predicted molar refractivity (Wildman–Crippen MR) is 253 cm³/mol. The van der Waals surface area contributed by atoms with Gasteiger partial charge in [0.05, 0.1) is 33.9 Å². The Kier molecular flexibility index (Phi) is 39.7. The van der Waals surface area contributed by atoms with Gasteiger partial charge in [-0.25, -0.2) is 4.57 Å². The van der Waals surface area contributed by atoms with Crippen LogP contribution in [0.25, 0.3) is 0 Å². The van der Waals surface area contributed by atoms with Crippen LogP contribution in [0.2, 0.25) is 0 Å². The number of carbonyl (C=O) groups is 2. The molecule has 0 aliphatic rings. The van der Waals surface area contributed by atoms with Crippen molar-refractivity contribution in [2.75, 3.05) is 47.5 Å². The average molecular weight is 879 g/mol. The van der Waals surface area contributed by atoms with E-state index in [2.05, 4.69) is 56.4 Å². The summed E-state index contributed by atoms with van der Waals surface area (Å²) in [6, 6.07) is 0. The zero-order chi connectivity index (χ0) is 45.1. The molecule has 0 saturated heterocycles. The van der Waals surface area contributed by atoms with E-state index < -0.39 is 32.5 Å². The lowest BCUT2D eigenvalue weighted by atomic mass is 10.1. The molecule has 0 saturated carbocycles. The number of rotatable bonds is 42. The van der Waals surface area contributed by atoms with Gasteiger partial charge in [-0.3, -0.25) is 18.6 Å². The van der Waals surface area contributed by atoms with Gasteiger partial charge in [-0.05, 0) is 70.6 Å². The zero-order valence-corrected chi connectivity index (χ0v) is 40.1. The molecule has 0 aliphatic carbocycles. The molecule has 0 fully saturated rings. The van der Waals surface area contributed by atoms with Crippen LogP contribution in [0.4, 0.5) is 0 Å². The van der Waals surface area contributed by atoms with Crippen LogP contribution in [0.5, 0.6) is 0 Å². The molecule has 0 heterocycles. The Balaban J connectivity index is 4.45. The first kappa shape index (κ1) is 58.4. The highest BCUT2D eigenvalue weighted by Crippen LogP contribution is 2.43. The number of unbranched alkanes of at least 4 members (excludes halogenated alkanes) is 15. The number of hydrogen-bond donors (Lipinski definition) is 2. The SMILES string of the molecule is CCCCC/C=C\C/C=C\CCCCCCCCCCCC(=O)O[C@H](COC(=O)CCC/C=C\C/C=C\C/C=C\C=C\[C@H](O)CCCCC)COP(=O)(O)OCC[N+](C)(C)C. The number of aliphatic hydroxyl groups is 1.